The number of anilines is 3. The van der Waals surface area contributed by atoms with Crippen molar-refractivity contribution in [2.24, 2.45) is 0 Å². The Bertz CT molecular complexity index is 1990. The van der Waals surface area contributed by atoms with Gasteiger partial charge in [0.05, 0.1) is 33.1 Å². The van der Waals surface area contributed by atoms with E-state index < -0.39 is 4.92 Å². The summed E-state index contributed by atoms with van der Waals surface area (Å²) in [7, 11) is 0. The Balaban J connectivity index is 0.000000171. The summed E-state index contributed by atoms with van der Waals surface area (Å²) in [5, 5.41) is 32.8. The van der Waals surface area contributed by atoms with E-state index in [-0.39, 0.29) is 53.1 Å². The molecule has 252 valence electrons. The van der Waals surface area contributed by atoms with E-state index in [1.165, 1.54) is 12.4 Å². The zero-order valence-corrected chi connectivity index (χ0v) is 27.0. The number of para-hydroxylation sites is 2. The van der Waals surface area contributed by atoms with Crippen LogP contribution in [0, 0.1) is 21.4 Å². The minimum absolute atomic E-state index is 0.0321. The molecule has 2 aromatic heterocycles. The smallest absolute Gasteiger partial charge is 0.293 e. The number of rotatable bonds is 11. The maximum absolute atomic E-state index is 12.9. The highest BCUT2D eigenvalue weighted by atomic mass is 16.6. The maximum Gasteiger partial charge on any atom is 0.293 e. The number of amides is 2. The number of imidazole rings is 1. The second-order valence-corrected chi connectivity index (χ2v) is 13.1. The molecular formula is C34H37N11O4. The van der Waals surface area contributed by atoms with Crippen molar-refractivity contribution in [3.05, 3.63) is 75.4 Å². The fourth-order valence-corrected chi connectivity index (χ4v) is 5.69. The van der Waals surface area contributed by atoms with Crippen LogP contribution in [0.15, 0.2) is 42.7 Å². The Morgan fingerprint density at radius 2 is 1.59 bits per heavy atom. The summed E-state index contributed by atoms with van der Waals surface area (Å²) < 4.78 is 2.17. The van der Waals surface area contributed by atoms with Gasteiger partial charge in [0, 0.05) is 30.2 Å². The Morgan fingerprint density at radius 1 is 0.959 bits per heavy atom. The van der Waals surface area contributed by atoms with Crippen molar-refractivity contribution in [3.8, 4) is 6.07 Å². The van der Waals surface area contributed by atoms with Crippen molar-refractivity contribution in [1.82, 2.24) is 30.2 Å². The number of nitriles is 1. The number of aromatic nitrogens is 4. The largest absolute Gasteiger partial charge is 0.382 e. The molecule has 0 aliphatic heterocycles. The van der Waals surface area contributed by atoms with Crippen LogP contribution in [0.5, 0.6) is 0 Å². The third kappa shape index (κ3) is 7.08. The van der Waals surface area contributed by atoms with Gasteiger partial charge in [-0.05, 0) is 76.5 Å². The van der Waals surface area contributed by atoms with Crippen LogP contribution >= 0.6 is 0 Å². The molecule has 0 unspecified atom stereocenters. The Morgan fingerprint density at radius 3 is 2.20 bits per heavy atom. The molecule has 8 rings (SSSR count). The van der Waals surface area contributed by atoms with Crippen LogP contribution in [0.2, 0.25) is 0 Å². The standard InChI is InChI=1S/C21H22N8O.C13H15N3O3/c1-11(26-19-15(9-22)18(23)24-10-25-19)20-28-16-4-2-3-14(21(30)27-12-5-6-12)17(16)29(20)13-7-8-13;17-13(15-9-6-7-9)10-2-1-3-11(16(18)19)12(10)14-8-4-5-8/h2-4,10-13H,5-8H2,1H3,(H,27,30)(H3,23,24,25,26);1-3,8-9,14H,4-7H2,(H,15,17)/t11-;/m0./s1. The zero-order valence-electron chi connectivity index (χ0n) is 27.0. The first-order valence-electron chi connectivity index (χ1n) is 16.7. The number of fused-ring (bicyclic) bond motifs is 1. The van der Waals surface area contributed by atoms with E-state index in [1.807, 2.05) is 25.1 Å². The molecule has 4 aliphatic rings. The molecule has 6 N–H and O–H groups in total. The van der Waals surface area contributed by atoms with Crippen LogP contribution in [-0.2, 0) is 0 Å². The summed E-state index contributed by atoms with van der Waals surface area (Å²) in [5.74, 6) is 1.04. The van der Waals surface area contributed by atoms with Gasteiger partial charge in [0.15, 0.2) is 0 Å². The van der Waals surface area contributed by atoms with Crippen LogP contribution < -0.4 is 27.0 Å². The van der Waals surface area contributed by atoms with Crippen molar-refractivity contribution in [1.29, 1.82) is 5.26 Å². The van der Waals surface area contributed by atoms with E-state index in [9.17, 15) is 25.0 Å². The van der Waals surface area contributed by atoms with Crippen molar-refractivity contribution in [2.45, 2.75) is 88.5 Å². The Hall–Kier alpha value is -5.78. The summed E-state index contributed by atoms with van der Waals surface area (Å²) in [5.41, 5.74) is 9.02. The highest BCUT2D eigenvalue weighted by Gasteiger charge is 2.34. The summed E-state index contributed by atoms with van der Waals surface area (Å²) in [4.78, 5) is 48.5. The quantitative estimate of drug-likeness (QED) is 0.109. The average Bonchev–Trinajstić information content (AvgIpc) is 3.86. The molecule has 4 saturated carbocycles. The highest BCUT2D eigenvalue weighted by Crippen LogP contribution is 2.41. The number of nitrogens with two attached hydrogens (primary N) is 1. The van der Waals surface area contributed by atoms with Gasteiger partial charge in [0.25, 0.3) is 17.5 Å². The number of nitrogens with zero attached hydrogens (tertiary/aromatic N) is 6. The molecule has 0 radical (unpaired) electrons. The van der Waals surface area contributed by atoms with Gasteiger partial charge in [-0.2, -0.15) is 5.26 Å². The molecular weight excluding hydrogens is 626 g/mol. The summed E-state index contributed by atoms with van der Waals surface area (Å²) in [6.45, 7) is 1.96. The van der Waals surface area contributed by atoms with Crippen molar-refractivity contribution < 1.29 is 14.5 Å². The lowest BCUT2D eigenvalue weighted by atomic mass is 10.1. The number of nitrogens with one attached hydrogen (secondary N) is 4. The van der Waals surface area contributed by atoms with E-state index in [0.717, 1.165) is 68.2 Å². The molecule has 2 aromatic carbocycles. The van der Waals surface area contributed by atoms with Crippen LogP contribution in [0.4, 0.5) is 23.0 Å². The number of benzene rings is 2. The lowest BCUT2D eigenvalue weighted by Crippen LogP contribution is -2.26. The maximum atomic E-state index is 12.9. The first kappa shape index (κ1) is 31.8. The van der Waals surface area contributed by atoms with E-state index in [2.05, 4.69) is 41.9 Å². The highest BCUT2D eigenvalue weighted by molar-refractivity contribution is 6.05. The minimum Gasteiger partial charge on any atom is -0.382 e. The molecule has 2 amide bonds. The van der Waals surface area contributed by atoms with Crippen LogP contribution in [0.25, 0.3) is 11.0 Å². The molecule has 15 heteroatoms. The van der Waals surface area contributed by atoms with Gasteiger partial charge in [-0.1, -0.05) is 12.1 Å². The first-order valence-corrected chi connectivity index (χ1v) is 16.7. The fourth-order valence-electron chi connectivity index (χ4n) is 5.69. The topological polar surface area (TPSA) is 219 Å². The SMILES string of the molecule is C[C@H](Nc1ncnc(N)c1C#N)c1nc2cccc(C(=O)NC3CC3)c2n1C1CC1.O=C(NC1CC1)c1cccc([N+](=O)[O-])c1NC1CC1. The average molecular weight is 664 g/mol. The summed E-state index contributed by atoms with van der Waals surface area (Å²) in [6.07, 6.45) is 9.48. The van der Waals surface area contributed by atoms with Crippen LogP contribution in [0.1, 0.15) is 102 Å². The lowest BCUT2D eigenvalue weighted by molar-refractivity contribution is -0.384. The summed E-state index contributed by atoms with van der Waals surface area (Å²) >= 11 is 0. The number of nitro groups is 1. The molecule has 49 heavy (non-hydrogen) atoms. The third-order valence-electron chi connectivity index (χ3n) is 8.86. The Labute approximate surface area is 281 Å². The van der Waals surface area contributed by atoms with Crippen molar-refractivity contribution in [2.75, 3.05) is 16.4 Å². The van der Waals surface area contributed by atoms with E-state index >= 15 is 0 Å². The van der Waals surface area contributed by atoms with Gasteiger partial charge >= 0.3 is 0 Å². The monoisotopic (exact) mass is 663 g/mol. The number of hydrogen-bond donors (Lipinski definition) is 5. The van der Waals surface area contributed by atoms with Gasteiger partial charge in [0.1, 0.15) is 41.1 Å². The van der Waals surface area contributed by atoms with Gasteiger partial charge in [-0.3, -0.25) is 19.7 Å². The number of carbonyl (C=O) groups is 2. The number of nitro benzene ring substituents is 1. The van der Waals surface area contributed by atoms with Gasteiger partial charge in [-0.15, -0.1) is 0 Å². The first-order chi connectivity index (χ1) is 23.7. The number of carbonyl (C=O) groups excluding carboxylic acids is 2. The molecule has 0 saturated heterocycles. The van der Waals surface area contributed by atoms with E-state index in [4.69, 9.17) is 10.7 Å². The predicted molar refractivity (Wildman–Crippen MR) is 182 cm³/mol. The van der Waals surface area contributed by atoms with E-state index in [1.54, 1.807) is 12.1 Å². The molecule has 0 spiro atoms. The molecule has 2 heterocycles. The predicted octanol–water partition coefficient (Wildman–Crippen LogP) is 4.74. The second-order valence-electron chi connectivity index (χ2n) is 13.1. The molecule has 1 atom stereocenters. The second kappa shape index (κ2) is 13.0. The molecule has 4 aliphatic carbocycles. The number of hydrogen-bond acceptors (Lipinski definition) is 11. The molecule has 15 nitrogen and oxygen atoms in total. The van der Waals surface area contributed by atoms with Gasteiger partial charge < -0.3 is 31.6 Å². The normalized spacial score (nSPS) is 17.2. The van der Waals surface area contributed by atoms with Crippen molar-refractivity contribution in [3.63, 3.8) is 0 Å². The fraction of sp³-hybridized carbons (Fsp3) is 0.412. The molecule has 4 fully saturated rings. The minimum atomic E-state index is -0.446. The van der Waals surface area contributed by atoms with Crippen LogP contribution in [0.3, 0.4) is 0 Å². The van der Waals surface area contributed by atoms with Gasteiger partial charge in [-0.25, -0.2) is 15.0 Å². The summed E-state index contributed by atoms with van der Waals surface area (Å²) in [6, 6.07) is 13.2. The molecule has 0 bridgehead atoms. The zero-order chi connectivity index (χ0) is 34.2. The number of nitrogen functional groups attached to an aromatic ring is 1. The van der Waals surface area contributed by atoms with Crippen LogP contribution in [-0.4, -0.2) is 54.4 Å². The third-order valence-corrected chi connectivity index (χ3v) is 8.86. The Kier molecular flexibility index (Phi) is 8.45. The lowest BCUT2D eigenvalue weighted by Gasteiger charge is -2.18. The van der Waals surface area contributed by atoms with Gasteiger partial charge in [0.2, 0.25) is 0 Å². The van der Waals surface area contributed by atoms with Crippen molar-refractivity contribution >= 4 is 45.9 Å². The van der Waals surface area contributed by atoms with E-state index in [0.29, 0.717) is 28.7 Å². The molecule has 4 aromatic rings.